The molecule has 0 saturated carbocycles. The van der Waals surface area contributed by atoms with Gasteiger partial charge >= 0.3 is 0 Å². The van der Waals surface area contributed by atoms with Gasteiger partial charge in [0.25, 0.3) is 0 Å². The van der Waals surface area contributed by atoms with Crippen LogP contribution in [0, 0.1) is 0 Å². The maximum atomic E-state index is 4.19. The fraction of sp³-hybridized carbons (Fsp3) is 0.200. The van der Waals surface area contributed by atoms with Crippen molar-refractivity contribution in [2.24, 2.45) is 0 Å². The highest BCUT2D eigenvalue weighted by Gasteiger charge is 1.99. The first-order valence-electron chi connectivity index (χ1n) is 4.29. The molecule has 3 heteroatoms. The molecule has 13 heavy (non-hydrogen) atoms. The molecule has 2 rings (SSSR count). The number of nitrogens with zero attached hydrogens (tertiary/aromatic N) is 3. The molecule has 0 N–H and O–H groups in total. The standard InChI is InChI=1S/C10H11N3/c1-2-3-7-13-8-12-10-9(13)5-4-6-11-10/h2-6,8H,7H2,1H3. The summed E-state index contributed by atoms with van der Waals surface area (Å²) in [6, 6.07) is 3.95. The second kappa shape index (κ2) is 3.39. The van der Waals surface area contributed by atoms with Crippen LogP contribution in [-0.2, 0) is 6.54 Å². The van der Waals surface area contributed by atoms with Crippen molar-refractivity contribution in [2.45, 2.75) is 13.5 Å². The minimum Gasteiger partial charge on any atom is -0.325 e. The van der Waals surface area contributed by atoms with Crippen molar-refractivity contribution in [2.75, 3.05) is 0 Å². The lowest BCUT2D eigenvalue weighted by Crippen LogP contribution is -1.91. The summed E-state index contributed by atoms with van der Waals surface area (Å²) < 4.78 is 2.07. The minimum absolute atomic E-state index is 0.812. The Hall–Kier alpha value is -1.64. The lowest BCUT2D eigenvalue weighted by atomic mass is 10.4. The van der Waals surface area contributed by atoms with Crippen molar-refractivity contribution in [1.82, 2.24) is 14.5 Å². The summed E-state index contributed by atoms with van der Waals surface area (Å²) in [5.74, 6) is 0. The molecule has 0 unspecified atom stereocenters. The number of hydrogen-bond donors (Lipinski definition) is 0. The summed E-state index contributed by atoms with van der Waals surface area (Å²) in [6.45, 7) is 2.87. The Morgan fingerprint density at radius 1 is 1.46 bits per heavy atom. The van der Waals surface area contributed by atoms with E-state index in [1.165, 1.54) is 0 Å². The minimum atomic E-state index is 0.812. The highest BCUT2D eigenvalue weighted by atomic mass is 15.1. The summed E-state index contributed by atoms with van der Waals surface area (Å²) in [5, 5.41) is 0. The zero-order chi connectivity index (χ0) is 9.10. The molecule has 0 amide bonds. The Labute approximate surface area is 76.7 Å². The molecule has 2 heterocycles. The zero-order valence-corrected chi connectivity index (χ0v) is 7.51. The number of aromatic nitrogens is 3. The van der Waals surface area contributed by atoms with Crippen LogP contribution < -0.4 is 0 Å². The molecule has 0 aliphatic carbocycles. The fourth-order valence-corrected chi connectivity index (χ4v) is 1.26. The first kappa shape index (κ1) is 7.98. The van der Waals surface area contributed by atoms with E-state index in [2.05, 4.69) is 20.6 Å². The summed E-state index contributed by atoms with van der Waals surface area (Å²) in [7, 11) is 0. The smallest absolute Gasteiger partial charge is 0.177 e. The number of fused-ring (bicyclic) bond motifs is 1. The third kappa shape index (κ3) is 1.45. The van der Waals surface area contributed by atoms with E-state index < -0.39 is 0 Å². The topological polar surface area (TPSA) is 30.7 Å². The van der Waals surface area contributed by atoms with Crippen LogP contribution in [-0.4, -0.2) is 14.5 Å². The van der Waals surface area contributed by atoms with E-state index in [1.54, 1.807) is 6.20 Å². The van der Waals surface area contributed by atoms with Crippen LogP contribution in [0.5, 0.6) is 0 Å². The second-order valence-corrected chi connectivity index (χ2v) is 2.81. The predicted molar refractivity (Wildman–Crippen MR) is 52.3 cm³/mol. The molecule has 3 nitrogen and oxygen atoms in total. The van der Waals surface area contributed by atoms with Gasteiger partial charge in [0, 0.05) is 12.7 Å². The SMILES string of the molecule is CC=CCn1cnc2ncccc21. The highest BCUT2D eigenvalue weighted by Crippen LogP contribution is 2.08. The summed E-state index contributed by atoms with van der Waals surface area (Å²) in [5.41, 5.74) is 1.90. The summed E-state index contributed by atoms with van der Waals surface area (Å²) in [6.07, 6.45) is 7.70. The van der Waals surface area contributed by atoms with Gasteiger partial charge in [-0.15, -0.1) is 0 Å². The Balaban J connectivity index is 2.45. The normalized spacial score (nSPS) is 11.5. The number of rotatable bonds is 2. The molecule has 0 bridgehead atoms. The fourth-order valence-electron chi connectivity index (χ4n) is 1.26. The summed E-state index contributed by atoms with van der Waals surface area (Å²) in [4.78, 5) is 8.34. The van der Waals surface area contributed by atoms with Gasteiger partial charge < -0.3 is 4.57 Å². The van der Waals surface area contributed by atoms with Crippen LogP contribution in [0.2, 0.25) is 0 Å². The lowest BCUT2D eigenvalue weighted by Gasteiger charge is -1.97. The van der Waals surface area contributed by atoms with Gasteiger partial charge in [0.2, 0.25) is 0 Å². The van der Waals surface area contributed by atoms with E-state index >= 15 is 0 Å². The molecule has 0 aliphatic heterocycles. The number of hydrogen-bond acceptors (Lipinski definition) is 2. The number of pyridine rings is 1. The average Bonchev–Trinajstić information content (AvgIpc) is 2.58. The van der Waals surface area contributed by atoms with Crippen LogP contribution in [0.3, 0.4) is 0 Å². The van der Waals surface area contributed by atoms with E-state index in [9.17, 15) is 0 Å². The van der Waals surface area contributed by atoms with Gasteiger partial charge in [-0.1, -0.05) is 12.2 Å². The Kier molecular flexibility index (Phi) is 2.08. The van der Waals surface area contributed by atoms with Crippen LogP contribution in [0.1, 0.15) is 6.92 Å². The van der Waals surface area contributed by atoms with Crippen molar-refractivity contribution in [1.29, 1.82) is 0 Å². The van der Waals surface area contributed by atoms with Gasteiger partial charge in [-0.3, -0.25) is 0 Å². The molecule has 2 aromatic rings. The maximum absolute atomic E-state index is 4.19. The first-order chi connectivity index (χ1) is 6.42. The van der Waals surface area contributed by atoms with Crippen molar-refractivity contribution < 1.29 is 0 Å². The molecular formula is C10H11N3. The van der Waals surface area contributed by atoms with E-state index in [0.717, 1.165) is 17.7 Å². The van der Waals surface area contributed by atoms with Gasteiger partial charge in [-0.05, 0) is 19.1 Å². The van der Waals surface area contributed by atoms with Crippen molar-refractivity contribution in [3.63, 3.8) is 0 Å². The third-order valence-electron chi connectivity index (χ3n) is 1.93. The lowest BCUT2D eigenvalue weighted by molar-refractivity contribution is 0.848. The monoisotopic (exact) mass is 173 g/mol. The van der Waals surface area contributed by atoms with Crippen molar-refractivity contribution in [3.05, 3.63) is 36.8 Å². The van der Waals surface area contributed by atoms with Crippen LogP contribution in [0.4, 0.5) is 0 Å². The van der Waals surface area contributed by atoms with Crippen LogP contribution in [0.25, 0.3) is 11.2 Å². The predicted octanol–water partition coefficient (Wildman–Crippen LogP) is 2.01. The number of allylic oxidation sites excluding steroid dienone is 2. The molecular weight excluding hydrogens is 162 g/mol. The molecule has 0 atom stereocenters. The van der Waals surface area contributed by atoms with Crippen molar-refractivity contribution >= 4 is 11.2 Å². The Morgan fingerprint density at radius 3 is 3.23 bits per heavy atom. The molecule has 0 fully saturated rings. The molecule has 0 aromatic carbocycles. The van der Waals surface area contributed by atoms with Gasteiger partial charge in [0.05, 0.1) is 11.8 Å². The molecule has 0 aliphatic rings. The van der Waals surface area contributed by atoms with Gasteiger partial charge in [-0.2, -0.15) is 0 Å². The second-order valence-electron chi connectivity index (χ2n) is 2.81. The van der Waals surface area contributed by atoms with Gasteiger partial charge in [0.1, 0.15) is 0 Å². The average molecular weight is 173 g/mol. The Bertz CT molecular complexity index is 428. The molecule has 0 saturated heterocycles. The van der Waals surface area contributed by atoms with E-state index in [4.69, 9.17) is 0 Å². The highest BCUT2D eigenvalue weighted by molar-refractivity contribution is 5.70. The molecule has 2 aromatic heterocycles. The molecule has 0 radical (unpaired) electrons. The molecule has 0 spiro atoms. The Morgan fingerprint density at radius 2 is 2.38 bits per heavy atom. The largest absolute Gasteiger partial charge is 0.325 e. The van der Waals surface area contributed by atoms with Crippen molar-refractivity contribution in [3.8, 4) is 0 Å². The maximum Gasteiger partial charge on any atom is 0.177 e. The molecule has 66 valence electrons. The van der Waals surface area contributed by atoms with Gasteiger partial charge in [0.15, 0.2) is 5.65 Å². The van der Waals surface area contributed by atoms with Gasteiger partial charge in [-0.25, -0.2) is 9.97 Å². The van der Waals surface area contributed by atoms with Crippen LogP contribution in [0.15, 0.2) is 36.8 Å². The van der Waals surface area contributed by atoms with E-state index in [-0.39, 0.29) is 0 Å². The zero-order valence-electron chi connectivity index (χ0n) is 7.51. The summed E-state index contributed by atoms with van der Waals surface area (Å²) >= 11 is 0. The van der Waals surface area contributed by atoms with Crippen LogP contribution >= 0.6 is 0 Å². The van der Waals surface area contributed by atoms with E-state index in [1.807, 2.05) is 31.5 Å². The first-order valence-corrected chi connectivity index (χ1v) is 4.29. The number of imidazole rings is 1. The third-order valence-corrected chi connectivity index (χ3v) is 1.93. The quantitative estimate of drug-likeness (QED) is 0.650. The van der Waals surface area contributed by atoms with E-state index in [0.29, 0.717) is 0 Å².